The van der Waals surface area contributed by atoms with Crippen LogP contribution >= 0.6 is 11.5 Å². The van der Waals surface area contributed by atoms with Crippen LogP contribution in [0.2, 0.25) is 0 Å². The van der Waals surface area contributed by atoms with E-state index in [1.54, 1.807) is 0 Å². The highest BCUT2D eigenvalue weighted by molar-refractivity contribution is 7.07. The molecule has 1 fully saturated rings. The lowest BCUT2D eigenvalue weighted by molar-refractivity contribution is 0.0647. The molecule has 17 heavy (non-hydrogen) atoms. The highest BCUT2D eigenvalue weighted by atomic mass is 32.1. The number of carbonyl (C=O) groups is 1. The molecule has 0 unspecified atom stereocenters. The Kier molecular flexibility index (Phi) is 4.10. The van der Waals surface area contributed by atoms with Gasteiger partial charge in [0.1, 0.15) is 5.82 Å². The predicted octanol–water partition coefficient (Wildman–Crippen LogP) is 2.64. The Morgan fingerprint density at radius 3 is 2.65 bits per heavy atom. The number of aromatic nitrogens is 2. The molecule has 0 bridgehead atoms. The number of aryl methyl sites for hydroxylation is 1. The first-order valence-electron chi connectivity index (χ1n) is 6.33. The van der Waals surface area contributed by atoms with E-state index in [4.69, 9.17) is 0 Å². The fourth-order valence-electron chi connectivity index (χ4n) is 2.47. The van der Waals surface area contributed by atoms with Gasteiger partial charge < -0.3 is 4.90 Å². The number of carbonyl (C=O) groups excluding carboxylic acids is 1. The number of amides is 1. The van der Waals surface area contributed by atoms with Crippen molar-refractivity contribution in [1.82, 2.24) is 14.3 Å². The summed E-state index contributed by atoms with van der Waals surface area (Å²) in [7, 11) is 0. The van der Waals surface area contributed by atoms with E-state index < -0.39 is 0 Å². The fourth-order valence-corrected chi connectivity index (χ4v) is 3.09. The van der Waals surface area contributed by atoms with E-state index in [-0.39, 0.29) is 5.91 Å². The van der Waals surface area contributed by atoms with Crippen LogP contribution in [-0.4, -0.2) is 32.8 Å². The lowest BCUT2D eigenvalue weighted by Gasteiger charge is -2.32. The zero-order valence-corrected chi connectivity index (χ0v) is 11.3. The van der Waals surface area contributed by atoms with Gasteiger partial charge in [0.05, 0.1) is 0 Å². The third-order valence-electron chi connectivity index (χ3n) is 3.33. The van der Waals surface area contributed by atoms with E-state index in [0.717, 1.165) is 19.4 Å². The molecule has 5 heteroatoms. The monoisotopic (exact) mass is 253 g/mol. The molecule has 1 aromatic rings. The van der Waals surface area contributed by atoms with Crippen molar-refractivity contribution in [3.8, 4) is 0 Å². The van der Waals surface area contributed by atoms with E-state index in [2.05, 4.69) is 9.36 Å². The highest BCUT2D eigenvalue weighted by Crippen LogP contribution is 2.24. The molecule has 94 valence electrons. The lowest BCUT2D eigenvalue weighted by atomic mass is 9.94. The van der Waals surface area contributed by atoms with Crippen molar-refractivity contribution in [2.45, 2.75) is 52.0 Å². The van der Waals surface area contributed by atoms with E-state index in [9.17, 15) is 4.79 Å². The Balaban J connectivity index is 2.09. The van der Waals surface area contributed by atoms with Crippen LogP contribution in [0.25, 0.3) is 0 Å². The molecule has 1 heterocycles. The number of nitrogens with zero attached hydrogens (tertiary/aromatic N) is 3. The van der Waals surface area contributed by atoms with Gasteiger partial charge in [0.2, 0.25) is 5.01 Å². The fraction of sp³-hybridized carbons (Fsp3) is 0.750. The van der Waals surface area contributed by atoms with Crippen LogP contribution in [0.4, 0.5) is 0 Å². The second-order valence-corrected chi connectivity index (χ2v) is 5.28. The predicted molar refractivity (Wildman–Crippen MR) is 68.2 cm³/mol. The molecule has 1 aromatic heterocycles. The summed E-state index contributed by atoms with van der Waals surface area (Å²) >= 11 is 1.21. The van der Waals surface area contributed by atoms with Gasteiger partial charge in [-0.2, -0.15) is 4.37 Å². The smallest absolute Gasteiger partial charge is 0.284 e. The third kappa shape index (κ3) is 2.83. The molecule has 0 aliphatic heterocycles. The molecule has 0 radical (unpaired) electrons. The van der Waals surface area contributed by atoms with Gasteiger partial charge in [-0.1, -0.05) is 19.3 Å². The summed E-state index contributed by atoms with van der Waals surface area (Å²) in [6.07, 6.45) is 6.06. The summed E-state index contributed by atoms with van der Waals surface area (Å²) in [4.78, 5) is 18.5. The van der Waals surface area contributed by atoms with Crippen LogP contribution in [0.5, 0.6) is 0 Å². The average molecular weight is 253 g/mol. The lowest BCUT2D eigenvalue weighted by Crippen LogP contribution is -2.41. The van der Waals surface area contributed by atoms with Crippen molar-refractivity contribution < 1.29 is 4.79 Å². The first-order chi connectivity index (χ1) is 8.22. The van der Waals surface area contributed by atoms with E-state index in [1.165, 1.54) is 30.8 Å². The minimum Gasteiger partial charge on any atom is -0.334 e. The summed E-state index contributed by atoms with van der Waals surface area (Å²) in [5.41, 5.74) is 0. The Labute approximate surface area is 106 Å². The van der Waals surface area contributed by atoms with Crippen molar-refractivity contribution in [3.05, 3.63) is 10.8 Å². The van der Waals surface area contributed by atoms with Crippen LogP contribution in [0.15, 0.2) is 0 Å². The number of rotatable bonds is 3. The van der Waals surface area contributed by atoms with Crippen LogP contribution in [0.1, 0.15) is 54.7 Å². The maximum atomic E-state index is 12.3. The van der Waals surface area contributed by atoms with Gasteiger partial charge in [-0.25, -0.2) is 4.98 Å². The normalized spacial score (nSPS) is 17.1. The molecular weight excluding hydrogens is 234 g/mol. The molecule has 1 saturated carbocycles. The minimum absolute atomic E-state index is 0.0602. The highest BCUT2D eigenvalue weighted by Gasteiger charge is 2.26. The van der Waals surface area contributed by atoms with Crippen LogP contribution < -0.4 is 0 Å². The maximum absolute atomic E-state index is 12.3. The van der Waals surface area contributed by atoms with Gasteiger partial charge in [-0.3, -0.25) is 4.79 Å². The van der Waals surface area contributed by atoms with Gasteiger partial charge in [-0.05, 0) is 38.2 Å². The van der Waals surface area contributed by atoms with Crippen LogP contribution in [0.3, 0.4) is 0 Å². The second-order valence-electron chi connectivity index (χ2n) is 4.53. The first-order valence-corrected chi connectivity index (χ1v) is 7.11. The quantitative estimate of drug-likeness (QED) is 0.832. The maximum Gasteiger partial charge on any atom is 0.284 e. The van der Waals surface area contributed by atoms with Crippen molar-refractivity contribution in [3.63, 3.8) is 0 Å². The molecule has 0 spiro atoms. The molecule has 1 amide bonds. The van der Waals surface area contributed by atoms with E-state index in [1.807, 2.05) is 18.7 Å². The molecule has 0 atom stereocenters. The molecule has 1 aliphatic rings. The SMILES string of the molecule is CCN(C(=O)c1nc(C)ns1)C1CCCCC1. The summed E-state index contributed by atoms with van der Waals surface area (Å²) in [6.45, 7) is 4.63. The van der Waals surface area contributed by atoms with E-state index >= 15 is 0 Å². The Hall–Kier alpha value is -0.970. The molecule has 4 nitrogen and oxygen atoms in total. The summed E-state index contributed by atoms with van der Waals surface area (Å²) in [5, 5.41) is 0.537. The molecule has 0 aromatic carbocycles. The standard InChI is InChI=1S/C12H19N3OS/c1-3-15(10-7-5-4-6-8-10)12(16)11-13-9(2)14-17-11/h10H,3-8H2,1-2H3. The van der Waals surface area contributed by atoms with Gasteiger partial charge in [-0.15, -0.1) is 0 Å². The molecular formula is C12H19N3OS. The Morgan fingerprint density at radius 2 is 2.12 bits per heavy atom. The minimum atomic E-state index is 0.0602. The first kappa shape index (κ1) is 12.5. The summed E-state index contributed by atoms with van der Waals surface area (Å²) < 4.78 is 4.08. The molecule has 1 aliphatic carbocycles. The summed E-state index contributed by atoms with van der Waals surface area (Å²) in [5.74, 6) is 0.753. The molecule has 2 rings (SSSR count). The molecule has 0 N–H and O–H groups in total. The van der Waals surface area contributed by atoms with Gasteiger partial charge in [0.25, 0.3) is 5.91 Å². The van der Waals surface area contributed by atoms with Crippen LogP contribution in [-0.2, 0) is 0 Å². The van der Waals surface area contributed by atoms with Crippen molar-refractivity contribution in [2.24, 2.45) is 0 Å². The Morgan fingerprint density at radius 1 is 1.41 bits per heavy atom. The largest absolute Gasteiger partial charge is 0.334 e. The van der Waals surface area contributed by atoms with Crippen LogP contribution in [0, 0.1) is 6.92 Å². The van der Waals surface area contributed by atoms with E-state index in [0.29, 0.717) is 16.9 Å². The van der Waals surface area contributed by atoms with Crippen molar-refractivity contribution >= 4 is 17.4 Å². The summed E-state index contributed by atoms with van der Waals surface area (Å²) in [6, 6.07) is 0.408. The van der Waals surface area contributed by atoms with Gasteiger partial charge >= 0.3 is 0 Å². The van der Waals surface area contributed by atoms with Crippen molar-refractivity contribution in [1.29, 1.82) is 0 Å². The number of hydrogen-bond donors (Lipinski definition) is 0. The zero-order valence-electron chi connectivity index (χ0n) is 10.5. The number of hydrogen-bond acceptors (Lipinski definition) is 4. The zero-order chi connectivity index (χ0) is 12.3. The van der Waals surface area contributed by atoms with Gasteiger partial charge in [0.15, 0.2) is 0 Å². The average Bonchev–Trinajstić information content (AvgIpc) is 2.78. The van der Waals surface area contributed by atoms with Gasteiger partial charge in [0, 0.05) is 12.6 Å². The topological polar surface area (TPSA) is 46.1 Å². The third-order valence-corrected chi connectivity index (χ3v) is 4.12. The second kappa shape index (κ2) is 5.58. The van der Waals surface area contributed by atoms with Crippen molar-refractivity contribution in [2.75, 3.05) is 6.54 Å². The molecule has 0 saturated heterocycles. The Bertz CT molecular complexity index is 385.